The van der Waals surface area contributed by atoms with Crippen molar-refractivity contribution in [2.45, 2.75) is 20.8 Å². The summed E-state index contributed by atoms with van der Waals surface area (Å²) in [5.41, 5.74) is -0.259. The molecule has 0 aromatic rings. The number of rotatable bonds is 4. The third kappa shape index (κ3) is 5.81. The Bertz CT molecular complexity index is 233. The predicted molar refractivity (Wildman–Crippen MR) is 46.0 cm³/mol. The number of carbonyl (C=O) groups is 2. The molecule has 0 aliphatic rings. The number of esters is 2. The van der Waals surface area contributed by atoms with Gasteiger partial charge in [-0.05, 0) is 26.5 Å². The SMILES string of the molecule is CCOC(=O)/C(C)=C(\[O-])C(=O)OCC.[Na+]. The van der Waals surface area contributed by atoms with Gasteiger partial charge in [0.05, 0.1) is 13.2 Å². The largest absolute Gasteiger partial charge is 1.00 e. The van der Waals surface area contributed by atoms with E-state index in [9.17, 15) is 14.7 Å². The first-order valence-electron chi connectivity index (χ1n) is 4.26. The summed E-state index contributed by atoms with van der Waals surface area (Å²) >= 11 is 0. The van der Waals surface area contributed by atoms with Crippen molar-refractivity contribution in [2.75, 3.05) is 13.2 Å². The molecule has 0 N–H and O–H groups in total. The smallest absolute Gasteiger partial charge is 0.867 e. The van der Waals surface area contributed by atoms with E-state index < -0.39 is 17.7 Å². The van der Waals surface area contributed by atoms with Gasteiger partial charge in [0.1, 0.15) is 0 Å². The zero-order valence-electron chi connectivity index (χ0n) is 9.46. The van der Waals surface area contributed by atoms with Crippen molar-refractivity contribution in [3.05, 3.63) is 11.3 Å². The minimum atomic E-state index is -1.03. The van der Waals surface area contributed by atoms with Crippen LogP contribution >= 0.6 is 0 Å². The van der Waals surface area contributed by atoms with Gasteiger partial charge in [-0.15, -0.1) is 0 Å². The van der Waals surface area contributed by atoms with Crippen LogP contribution in [0, 0.1) is 0 Å². The average Bonchev–Trinajstić information content (AvgIpc) is 2.16. The van der Waals surface area contributed by atoms with Crippen LogP contribution in [0.3, 0.4) is 0 Å². The van der Waals surface area contributed by atoms with Crippen LogP contribution in [0.4, 0.5) is 0 Å². The Balaban J connectivity index is 0. The molecule has 0 spiro atoms. The van der Waals surface area contributed by atoms with E-state index in [0.29, 0.717) is 0 Å². The normalized spacial score (nSPS) is 10.9. The van der Waals surface area contributed by atoms with Gasteiger partial charge in [0, 0.05) is 5.57 Å². The molecule has 0 aliphatic heterocycles. The van der Waals surface area contributed by atoms with E-state index in [1.54, 1.807) is 13.8 Å². The molecule has 0 aromatic heterocycles. The molecule has 15 heavy (non-hydrogen) atoms. The predicted octanol–water partition coefficient (Wildman–Crippen LogP) is -3.25. The van der Waals surface area contributed by atoms with Gasteiger partial charge in [-0.3, -0.25) is 0 Å². The second-order valence-corrected chi connectivity index (χ2v) is 2.40. The molecule has 6 heteroatoms. The van der Waals surface area contributed by atoms with Crippen LogP contribution in [0.25, 0.3) is 0 Å². The Kier molecular flexibility index (Phi) is 9.87. The first-order chi connectivity index (χ1) is 6.54. The second kappa shape index (κ2) is 8.76. The standard InChI is InChI=1S/C9H14O5.Na/c1-4-13-8(11)6(3)7(10)9(12)14-5-2;/h10H,4-5H2,1-3H3;/q;+1/p-1/b7-6-;. The van der Waals surface area contributed by atoms with Crippen LogP contribution in [0.1, 0.15) is 20.8 Å². The van der Waals surface area contributed by atoms with Gasteiger partial charge < -0.3 is 14.6 Å². The first kappa shape index (κ1) is 16.9. The van der Waals surface area contributed by atoms with Gasteiger partial charge >= 0.3 is 41.5 Å². The van der Waals surface area contributed by atoms with E-state index in [1.807, 2.05) is 0 Å². The molecule has 80 valence electrons. The summed E-state index contributed by atoms with van der Waals surface area (Å²) in [7, 11) is 0. The van der Waals surface area contributed by atoms with Gasteiger partial charge in [0.2, 0.25) is 0 Å². The van der Waals surface area contributed by atoms with Crippen LogP contribution in [0.2, 0.25) is 0 Å². The summed E-state index contributed by atoms with van der Waals surface area (Å²) in [5, 5.41) is 11.1. The average molecular weight is 224 g/mol. The third-order valence-electron chi connectivity index (χ3n) is 1.38. The Labute approximate surface area is 111 Å². The van der Waals surface area contributed by atoms with Gasteiger partial charge in [0.25, 0.3) is 0 Å². The number of ether oxygens (including phenoxy) is 2. The number of carbonyl (C=O) groups excluding carboxylic acids is 2. The minimum absolute atomic E-state index is 0. The van der Waals surface area contributed by atoms with E-state index in [1.165, 1.54) is 6.92 Å². The Morgan fingerprint density at radius 3 is 1.87 bits per heavy atom. The molecular formula is C9H13NaO5. The van der Waals surface area contributed by atoms with Crippen LogP contribution in [0.15, 0.2) is 11.3 Å². The van der Waals surface area contributed by atoms with Gasteiger partial charge in [-0.2, -0.15) is 0 Å². The summed E-state index contributed by atoms with van der Waals surface area (Å²) in [4.78, 5) is 21.9. The van der Waals surface area contributed by atoms with Gasteiger partial charge in [0.15, 0.2) is 0 Å². The maximum absolute atomic E-state index is 11.1. The molecule has 0 amide bonds. The van der Waals surface area contributed by atoms with Crippen molar-refractivity contribution < 1.29 is 53.7 Å². The van der Waals surface area contributed by atoms with E-state index >= 15 is 0 Å². The summed E-state index contributed by atoms with van der Waals surface area (Å²) in [6.07, 6.45) is 0. The first-order valence-corrected chi connectivity index (χ1v) is 4.26. The van der Waals surface area contributed by atoms with Crippen LogP contribution in [0.5, 0.6) is 0 Å². The summed E-state index contributed by atoms with van der Waals surface area (Å²) in [5.74, 6) is -2.77. The summed E-state index contributed by atoms with van der Waals surface area (Å²) in [6.45, 7) is 4.68. The third-order valence-corrected chi connectivity index (χ3v) is 1.38. The molecular weight excluding hydrogens is 211 g/mol. The Morgan fingerprint density at radius 2 is 1.47 bits per heavy atom. The van der Waals surface area contributed by atoms with Crippen LogP contribution < -0.4 is 34.7 Å². The maximum Gasteiger partial charge on any atom is 1.00 e. The van der Waals surface area contributed by atoms with Crippen molar-refractivity contribution in [3.63, 3.8) is 0 Å². The summed E-state index contributed by atoms with van der Waals surface area (Å²) < 4.78 is 8.98. The number of hydrogen-bond donors (Lipinski definition) is 0. The molecule has 0 atom stereocenters. The maximum atomic E-state index is 11.1. The van der Waals surface area contributed by atoms with E-state index in [-0.39, 0.29) is 48.3 Å². The molecule has 0 aromatic carbocycles. The molecule has 0 bridgehead atoms. The molecule has 0 unspecified atom stereocenters. The second-order valence-electron chi connectivity index (χ2n) is 2.40. The van der Waals surface area contributed by atoms with Crippen molar-refractivity contribution in [1.82, 2.24) is 0 Å². The molecule has 5 nitrogen and oxygen atoms in total. The van der Waals surface area contributed by atoms with Crippen LogP contribution in [-0.4, -0.2) is 25.2 Å². The fourth-order valence-electron chi connectivity index (χ4n) is 0.682. The van der Waals surface area contributed by atoms with Crippen molar-refractivity contribution >= 4 is 11.9 Å². The van der Waals surface area contributed by atoms with E-state index in [0.717, 1.165) is 0 Å². The number of hydrogen-bond acceptors (Lipinski definition) is 5. The molecule has 0 aliphatic carbocycles. The molecule has 0 saturated carbocycles. The Hall–Kier alpha value is -0.520. The molecule has 0 radical (unpaired) electrons. The van der Waals surface area contributed by atoms with Crippen molar-refractivity contribution in [3.8, 4) is 0 Å². The zero-order valence-corrected chi connectivity index (χ0v) is 11.5. The summed E-state index contributed by atoms with van der Waals surface area (Å²) in [6, 6.07) is 0. The molecule has 0 saturated heterocycles. The fraction of sp³-hybridized carbons (Fsp3) is 0.556. The van der Waals surface area contributed by atoms with E-state index in [4.69, 9.17) is 0 Å². The molecule has 0 heterocycles. The van der Waals surface area contributed by atoms with Crippen molar-refractivity contribution in [2.24, 2.45) is 0 Å². The molecule has 0 rings (SSSR count). The van der Waals surface area contributed by atoms with Gasteiger partial charge in [-0.1, -0.05) is 0 Å². The minimum Gasteiger partial charge on any atom is -0.867 e. The monoisotopic (exact) mass is 224 g/mol. The van der Waals surface area contributed by atoms with Gasteiger partial charge in [-0.25, -0.2) is 9.59 Å². The Morgan fingerprint density at radius 1 is 1.07 bits per heavy atom. The fourth-order valence-corrected chi connectivity index (χ4v) is 0.682. The quantitative estimate of drug-likeness (QED) is 0.217. The van der Waals surface area contributed by atoms with Crippen LogP contribution in [-0.2, 0) is 19.1 Å². The zero-order chi connectivity index (χ0) is 11.1. The molecule has 0 fully saturated rings. The topological polar surface area (TPSA) is 75.7 Å². The van der Waals surface area contributed by atoms with E-state index in [2.05, 4.69) is 9.47 Å². The van der Waals surface area contributed by atoms with Crippen molar-refractivity contribution in [1.29, 1.82) is 0 Å².